The minimum absolute atomic E-state index is 0.461. The number of nitrogens with zero attached hydrogens (tertiary/aromatic N) is 4. The first-order chi connectivity index (χ1) is 8.15. The van der Waals surface area contributed by atoms with Crippen molar-refractivity contribution in [3.05, 3.63) is 23.3 Å². The fourth-order valence-electron chi connectivity index (χ4n) is 2.08. The number of aryl methyl sites for hydroxylation is 2. The smallest absolute Gasteiger partial charge is 0.255 e. The first-order valence-electron chi connectivity index (χ1n) is 6.04. The van der Waals surface area contributed by atoms with Gasteiger partial charge in [-0.3, -0.25) is 4.40 Å². The highest BCUT2D eigenvalue weighted by Gasteiger charge is 2.13. The van der Waals surface area contributed by atoms with Gasteiger partial charge in [0.25, 0.3) is 5.78 Å². The van der Waals surface area contributed by atoms with Crippen LogP contribution in [0.1, 0.15) is 30.6 Å². The summed E-state index contributed by atoms with van der Waals surface area (Å²) in [5.74, 6) is 2.11. The first kappa shape index (κ1) is 12.0. The number of rotatable bonds is 4. The summed E-state index contributed by atoms with van der Waals surface area (Å²) in [5.41, 5.74) is 7.83. The van der Waals surface area contributed by atoms with Crippen LogP contribution in [-0.4, -0.2) is 26.1 Å². The minimum atomic E-state index is 0.461. The van der Waals surface area contributed by atoms with Gasteiger partial charge in [0.1, 0.15) is 5.82 Å². The SMILES string of the molecule is CCC(CN)Cc1nnc2nc(C)cc(C)n12. The summed E-state index contributed by atoms with van der Waals surface area (Å²) in [6, 6.07) is 2.04. The highest BCUT2D eigenvalue weighted by atomic mass is 15.3. The van der Waals surface area contributed by atoms with Crippen LogP contribution >= 0.6 is 0 Å². The summed E-state index contributed by atoms with van der Waals surface area (Å²) in [6.45, 7) is 6.85. The van der Waals surface area contributed by atoms with Gasteiger partial charge in [0.2, 0.25) is 0 Å². The monoisotopic (exact) mass is 233 g/mol. The summed E-state index contributed by atoms with van der Waals surface area (Å²) < 4.78 is 2.02. The summed E-state index contributed by atoms with van der Waals surface area (Å²) in [5, 5.41) is 8.35. The molecule has 2 aromatic rings. The second kappa shape index (κ2) is 4.79. The maximum absolute atomic E-state index is 5.73. The van der Waals surface area contributed by atoms with E-state index in [9.17, 15) is 0 Å². The van der Waals surface area contributed by atoms with Gasteiger partial charge >= 0.3 is 0 Å². The maximum Gasteiger partial charge on any atom is 0.255 e. The fourth-order valence-corrected chi connectivity index (χ4v) is 2.08. The fraction of sp³-hybridized carbons (Fsp3) is 0.583. The lowest BCUT2D eigenvalue weighted by Gasteiger charge is -2.11. The Bertz CT molecular complexity index is 513. The van der Waals surface area contributed by atoms with E-state index in [2.05, 4.69) is 29.0 Å². The van der Waals surface area contributed by atoms with Gasteiger partial charge in [-0.1, -0.05) is 13.3 Å². The van der Waals surface area contributed by atoms with Crippen LogP contribution < -0.4 is 5.73 Å². The van der Waals surface area contributed by atoms with Gasteiger partial charge < -0.3 is 5.73 Å². The van der Waals surface area contributed by atoms with E-state index in [4.69, 9.17) is 5.73 Å². The Morgan fingerprint density at radius 2 is 2.12 bits per heavy atom. The molecule has 0 spiro atoms. The third-order valence-electron chi connectivity index (χ3n) is 3.14. The Morgan fingerprint density at radius 3 is 2.76 bits per heavy atom. The number of hydrogen-bond acceptors (Lipinski definition) is 4. The molecular weight excluding hydrogens is 214 g/mol. The van der Waals surface area contributed by atoms with Crippen LogP contribution in [0.4, 0.5) is 0 Å². The second-order valence-corrected chi connectivity index (χ2v) is 4.50. The molecule has 1 atom stereocenters. The molecular formula is C12H19N5. The Labute approximate surface area is 101 Å². The molecule has 0 radical (unpaired) electrons. The molecule has 92 valence electrons. The summed E-state index contributed by atoms with van der Waals surface area (Å²) in [7, 11) is 0. The molecule has 0 saturated carbocycles. The van der Waals surface area contributed by atoms with Crippen LogP contribution in [0, 0.1) is 19.8 Å². The predicted molar refractivity (Wildman–Crippen MR) is 66.8 cm³/mol. The number of fused-ring (bicyclic) bond motifs is 1. The van der Waals surface area contributed by atoms with Crippen molar-refractivity contribution in [2.75, 3.05) is 6.54 Å². The van der Waals surface area contributed by atoms with Gasteiger partial charge in [-0.2, -0.15) is 0 Å². The minimum Gasteiger partial charge on any atom is -0.330 e. The summed E-state index contributed by atoms with van der Waals surface area (Å²) >= 11 is 0. The van der Waals surface area contributed by atoms with Crippen molar-refractivity contribution in [2.45, 2.75) is 33.6 Å². The van der Waals surface area contributed by atoms with Gasteiger partial charge in [-0.25, -0.2) is 4.98 Å². The summed E-state index contributed by atoms with van der Waals surface area (Å²) in [6.07, 6.45) is 1.92. The largest absolute Gasteiger partial charge is 0.330 e. The lowest BCUT2D eigenvalue weighted by atomic mass is 10.0. The zero-order chi connectivity index (χ0) is 12.4. The average Bonchev–Trinajstić information content (AvgIpc) is 2.69. The molecule has 2 heterocycles. The average molecular weight is 233 g/mol. The Balaban J connectivity index is 2.42. The number of hydrogen-bond donors (Lipinski definition) is 1. The highest BCUT2D eigenvalue weighted by molar-refractivity contribution is 5.32. The lowest BCUT2D eigenvalue weighted by molar-refractivity contribution is 0.502. The molecule has 2 rings (SSSR count). The molecule has 0 bridgehead atoms. The van der Waals surface area contributed by atoms with Gasteiger partial charge in [-0.05, 0) is 32.4 Å². The van der Waals surface area contributed by atoms with Gasteiger partial charge in [0, 0.05) is 17.8 Å². The van der Waals surface area contributed by atoms with E-state index in [0.717, 1.165) is 30.1 Å². The Morgan fingerprint density at radius 1 is 1.35 bits per heavy atom. The van der Waals surface area contributed by atoms with Crippen LogP contribution in [-0.2, 0) is 6.42 Å². The number of nitrogens with two attached hydrogens (primary N) is 1. The van der Waals surface area contributed by atoms with E-state index in [0.29, 0.717) is 18.2 Å². The Hall–Kier alpha value is -1.49. The molecule has 17 heavy (non-hydrogen) atoms. The van der Waals surface area contributed by atoms with Gasteiger partial charge in [-0.15, -0.1) is 10.2 Å². The molecule has 5 heteroatoms. The normalized spacial score (nSPS) is 13.2. The van der Waals surface area contributed by atoms with E-state index >= 15 is 0 Å². The van der Waals surface area contributed by atoms with Crippen LogP contribution in [0.3, 0.4) is 0 Å². The molecule has 0 aliphatic rings. The van der Waals surface area contributed by atoms with Crippen LogP contribution in [0.25, 0.3) is 5.78 Å². The molecule has 2 aromatic heterocycles. The van der Waals surface area contributed by atoms with E-state index in [1.54, 1.807) is 0 Å². The van der Waals surface area contributed by atoms with E-state index in [1.165, 1.54) is 0 Å². The highest BCUT2D eigenvalue weighted by Crippen LogP contribution is 2.13. The quantitative estimate of drug-likeness (QED) is 0.863. The van der Waals surface area contributed by atoms with Crippen molar-refractivity contribution in [3.8, 4) is 0 Å². The molecule has 0 aliphatic carbocycles. The zero-order valence-corrected chi connectivity index (χ0v) is 10.6. The second-order valence-electron chi connectivity index (χ2n) is 4.50. The van der Waals surface area contributed by atoms with Crippen LogP contribution in [0.15, 0.2) is 6.07 Å². The predicted octanol–water partition coefficient (Wildman–Crippen LogP) is 1.27. The topological polar surface area (TPSA) is 69.1 Å². The van der Waals surface area contributed by atoms with E-state index < -0.39 is 0 Å². The molecule has 1 unspecified atom stereocenters. The van der Waals surface area contributed by atoms with Crippen molar-refractivity contribution < 1.29 is 0 Å². The number of aromatic nitrogens is 4. The van der Waals surface area contributed by atoms with Crippen LogP contribution in [0.5, 0.6) is 0 Å². The lowest BCUT2D eigenvalue weighted by Crippen LogP contribution is -2.17. The van der Waals surface area contributed by atoms with Crippen LogP contribution in [0.2, 0.25) is 0 Å². The molecule has 0 fully saturated rings. The van der Waals surface area contributed by atoms with E-state index in [1.807, 2.05) is 17.4 Å². The third-order valence-corrected chi connectivity index (χ3v) is 3.14. The zero-order valence-electron chi connectivity index (χ0n) is 10.6. The van der Waals surface area contributed by atoms with Crippen molar-refractivity contribution in [1.29, 1.82) is 0 Å². The molecule has 5 nitrogen and oxygen atoms in total. The molecule has 0 amide bonds. The van der Waals surface area contributed by atoms with Crippen molar-refractivity contribution in [3.63, 3.8) is 0 Å². The van der Waals surface area contributed by atoms with Gasteiger partial charge in [0.15, 0.2) is 0 Å². The maximum atomic E-state index is 5.73. The molecule has 0 aliphatic heterocycles. The van der Waals surface area contributed by atoms with Crippen molar-refractivity contribution in [2.24, 2.45) is 11.7 Å². The Kier molecular flexibility index (Phi) is 3.38. The van der Waals surface area contributed by atoms with Gasteiger partial charge in [0.05, 0.1) is 0 Å². The van der Waals surface area contributed by atoms with Crippen molar-refractivity contribution in [1.82, 2.24) is 19.6 Å². The summed E-state index contributed by atoms with van der Waals surface area (Å²) in [4.78, 5) is 4.37. The van der Waals surface area contributed by atoms with Crippen molar-refractivity contribution >= 4 is 5.78 Å². The molecule has 2 N–H and O–H groups in total. The molecule has 0 aromatic carbocycles. The first-order valence-corrected chi connectivity index (χ1v) is 6.04. The van der Waals surface area contributed by atoms with E-state index in [-0.39, 0.29) is 0 Å². The molecule has 0 saturated heterocycles. The third kappa shape index (κ3) is 2.29. The standard InChI is InChI=1S/C12H19N5/c1-4-10(7-13)6-11-15-16-12-14-8(2)5-9(3)17(11)12/h5,10H,4,6-7,13H2,1-3H3.